The van der Waals surface area contributed by atoms with Crippen LogP contribution in [0.15, 0.2) is 23.2 Å². The van der Waals surface area contributed by atoms with Crippen molar-refractivity contribution < 1.29 is 4.74 Å². The fraction of sp³-hybridized carbons (Fsp3) is 0.588. The van der Waals surface area contributed by atoms with Crippen LogP contribution in [0.4, 0.5) is 5.69 Å². The predicted octanol–water partition coefficient (Wildman–Crippen LogP) is 2.51. The Bertz CT molecular complexity index is 594. The van der Waals surface area contributed by atoms with Gasteiger partial charge in [-0.05, 0) is 44.4 Å². The van der Waals surface area contributed by atoms with E-state index in [-0.39, 0.29) is 5.60 Å². The number of hydrogen-bond acceptors (Lipinski definition) is 4. The average Bonchev–Trinajstić information content (AvgIpc) is 3.17. The summed E-state index contributed by atoms with van der Waals surface area (Å²) in [4.78, 5) is 7.09. The zero-order chi connectivity index (χ0) is 14.4. The molecule has 1 unspecified atom stereocenters. The monoisotopic (exact) mass is 285 g/mol. The molecule has 0 spiro atoms. The van der Waals surface area contributed by atoms with E-state index in [1.165, 1.54) is 24.1 Å². The first-order chi connectivity index (χ1) is 10.1. The number of anilines is 1. The molecule has 1 saturated carbocycles. The van der Waals surface area contributed by atoms with Crippen molar-refractivity contribution in [2.24, 2.45) is 4.99 Å². The molecule has 1 fully saturated rings. The van der Waals surface area contributed by atoms with E-state index in [4.69, 9.17) is 4.74 Å². The molecule has 1 aromatic carbocycles. The number of nitrogens with one attached hydrogen (secondary N) is 1. The molecule has 21 heavy (non-hydrogen) atoms. The molecule has 0 saturated heterocycles. The Kier molecular flexibility index (Phi) is 2.88. The highest BCUT2D eigenvalue weighted by molar-refractivity contribution is 5.84. The highest BCUT2D eigenvalue weighted by Crippen LogP contribution is 2.44. The van der Waals surface area contributed by atoms with Gasteiger partial charge in [-0.25, -0.2) is 0 Å². The lowest BCUT2D eigenvalue weighted by Crippen LogP contribution is -2.51. The molecular weight excluding hydrogens is 262 g/mol. The van der Waals surface area contributed by atoms with Gasteiger partial charge in [0.25, 0.3) is 0 Å². The van der Waals surface area contributed by atoms with Gasteiger partial charge in [0.1, 0.15) is 17.2 Å². The maximum absolute atomic E-state index is 6.38. The van der Waals surface area contributed by atoms with Gasteiger partial charge in [0, 0.05) is 19.0 Å². The topological polar surface area (TPSA) is 36.9 Å². The first kappa shape index (κ1) is 13.0. The molecule has 0 aromatic heterocycles. The van der Waals surface area contributed by atoms with E-state index in [1.807, 2.05) is 0 Å². The summed E-state index contributed by atoms with van der Waals surface area (Å²) in [5.74, 6) is 2.13. The van der Waals surface area contributed by atoms with Crippen LogP contribution >= 0.6 is 0 Å². The molecule has 0 amide bonds. The van der Waals surface area contributed by atoms with E-state index >= 15 is 0 Å². The molecule has 112 valence electrons. The van der Waals surface area contributed by atoms with Crippen molar-refractivity contribution >= 4 is 11.5 Å². The van der Waals surface area contributed by atoms with Crippen LogP contribution in [0.1, 0.15) is 31.7 Å². The van der Waals surface area contributed by atoms with Crippen LogP contribution in [0, 0.1) is 6.92 Å². The molecule has 1 aromatic rings. The number of fused-ring (bicyclic) bond motifs is 1. The number of hydrogen-bond donors (Lipinski definition) is 1. The van der Waals surface area contributed by atoms with Gasteiger partial charge in [0.15, 0.2) is 0 Å². The van der Waals surface area contributed by atoms with Gasteiger partial charge in [-0.15, -0.1) is 0 Å². The Morgan fingerprint density at radius 3 is 3.00 bits per heavy atom. The Hall–Kier alpha value is -1.71. The van der Waals surface area contributed by atoms with E-state index in [9.17, 15) is 0 Å². The zero-order valence-electron chi connectivity index (χ0n) is 12.9. The molecule has 3 aliphatic rings. The van der Waals surface area contributed by atoms with Crippen molar-refractivity contribution in [1.82, 2.24) is 5.32 Å². The Morgan fingerprint density at radius 2 is 2.29 bits per heavy atom. The van der Waals surface area contributed by atoms with Crippen molar-refractivity contribution in [2.45, 2.75) is 44.8 Å². The molecule has 1 atom stereocenters. The second-order valence-corrected chi connectivity index (χ2v) is 6.81. The van der Waals surface area contributed by atoms with Gasteiger partial charge in [0.2, 0.25) is 0 Å². The summed E-state index contributed by atoms with van der Waals surface area (Å²) < 4.78 is 6.38. The number of rotatable bonds is 3. The molecule has 0 bridgehead atoms. The van der Waals surface area contributed by atoms with Crippen molar-refractivity contribution in [2.75, 3.05) is 24.5 Å². The van der Waals surface area contributed by atoms with Crippen LogP contribution in [-0.2, 0) is 0 Å². The van der Waals surface area contributed by atoms with Crippen molar-refractivity contribution in [1.29, 1.82) is 0 Å². The molecule has 4 nitrogen and oxygen atoms in total. The lowest BCUT2D eigenvalue weighted by Gasteiger charge is -2.43. The van der Waals surface area contributed by atoms with E-state index < -0.39 is 0 Å². The minimum atomic E-state index is -0.193. The largest absolute Gasteiger partial charge is 0.483 e. The van der Waals surface area contributed by atoms with Crippen LogP contribution in [0.3, 0.4) is 0 Å². The Labute approximate surface area is 126 Å². The SMILES string of the molecule is Cc1ccc2c(c1)N(C1CC1)CC(C)(CC1=NCCN1)O2. The first-order valence-corrected chi connectivity index (χ1v) is 7.96. The third kappa shape index (κ3) is 2.47. The molecular formula is C17H23N3O. The van der Waals surface area contributed by atoms with Gasteiger partial charge in [-0.2, -0.15) is 0 Å². The highest BCUT2D eigenvalue weighted by atomic mass is 16.5. The van der Waals surface area contributed by atoms with Gasteiger partial charge in [-0.3, -0.25) is 4.99 Å². The number of aliphatic imine (C=N–C) groups is 1. The van der Waals surface area contributed by atoms with Crippen LogP contribution in [0.25, 0.3) is 0 Å². The lowest BCUT2D eigenvalue weighted by molar-refractivity contribution is 0.0913. The fourth-order valence-corrected chi connectivity index (χ4v) is 3.40. The quantitative estimate of drug-likeness (QED) is 0.927. The number of nitrogens with zero attached hydrogens (tertiary/aromatic N) is 2. The molecule has 1 aliphatic carbocycles. The van der Waals surface area contributed by atoms with Crippen molar-refractivity contribution in [3.8, 4) is 5.75 Å². The highest BCUT2D eigenvalue weighted by Gasteiger charge is 2.42. The standard InChI is InChI=1S/C17H23N3O/c1-12-3-6-15-14(9-12)20(13-4-5-13)11-17(2,21-15)10-16-18-7-8-19-16/h3,6,9,13H,4-5,7-8,10-11H2,1-2H3,(H,18,19). The third-order valence-electron chi connectivity index (χ3n) is 4.56. The van der Waals surface area contributed by atoms with Gasteiger partial charge >= 0.3 is 0 Å². The molecule has 0 radical (unpaired) electrons. The van der Waals surface area contributed by atoms with E-state index in [1.54, 1.807) is 0 Å². The van der Waals surface area contributed by atoms with Crippen LogP contribution in [0.2, 0.25) is 0 Å². The summed E-state index contributed by atoms with van der Waals surface area (Å²) in [5.41, 5.74) is 2.38. The lowest BCUT2D eigenvalue weighted by atomic mass is 9.97. The van der Waals surface area contributed by atoms with E-state index in [2.05, 4.69) is 47.3 Å². The average molecular weight is 285 g/mol. The Balaban J connectivity index is 1.65. The summed E-state index contributed by atoms with van der Waals surface area (Å²) in [6.07, 6.45) is 3.48. The van der Waals surface area contributed by atoms with Crippen LogP contribution in [-0.4, -0.2) is 37.1 Å². The number of aryl methyl sites for hydroxylation is 1. The molecule has 2 aliphatic heterocycles. The number of amidine groups is 1. The maximum atomic E-state index is 6.38. The second kappa shape index (κ2) is 4.65. The maximum Gasteiger partial charge on any atom is 0.143 e. The summed E-state index contributed by atoms with van der Waals surface area (Å²) in [5, 5.41) is 3.37. The second-order valence-electron chi connectivity index (χ2n) is 6.81. The Morgan fingerprint density at radius 1 is 1.43 bits per heavy atom. The minimum Gasteiger partial charge on any atom is -0.483 e. The number of ether oxygens (including phenoxy) is 1. The summed E-state index contributed by atoms with van der Waals surface area (Å²) in [6.45, 7) is 7.18. The van der Waals surface area contributed by atoms with Gasteiger partial charge in [-0.1, -0.05) is 6.07 Å². The normalized spacial score (nSPS) is 27.7. The molecule has 1 N–H and O–H groups in total. The zero-order valence-corrected chi connectivity index (χ0v) is 12.9. The molecule has 4 heteroatoms. The van der Waals surface area contributed by atoms with Gasteiger partial charge < -0.3 is 15.0 Å². The third-order valence-corrected chi connectivity index (χ3v) is 4.56. The van der Waals surface area contributed by atoms with E-state index in [0.29, 0.717) is 6.04 Å². The first-order valence-electron chi connectivity index (χ1n) is 7.96. The smallest absolute Gasteiger partial charge is 0.143 e. The van der Waals surface area contributed by atoms with E-state index in [0.717, 1.165) is 37.6 Å². The summed E-state index contributed by atoms with van der Waals surface area (Å²) in [6, 6.07) is 7.23. The number of benzene rings is 1. The van der Waals surface area contributed by atoms with Crippen LogP contribution in [0.5, 0.6) is 5.75 Å². The minimum absolute atomic E-state index is 0.193. The fourth-order valence-electron chi connectivity index (χ4n) is 3.40. The summed E-state index contributed by atoms with van der Waals surface area (Å²) in [7, 11) is 0. The van der Waals surface area contributed by atoms with Crippen molar-refractivity contribution in [3.63, 3.8) is 0 Å². The van der Waals surface area contributed by atoms with Crippen LogP contribution < -0.4 is 15.0 Å². The molecule has 4 rings (SSSR count). The summed E-state index contributed by atoms with van der Waals surface area (Å²) >= 11 is 0. The van der Waals surface area contributed by atoms with Gasteiger partial charge in [0.05, 0.1) is 18.8 Å². The molecule has 2 heterocycles. The predicted molar refractivity (Wildman–Crippen MR) is 85.5 cm³/mol. The van der Waals surface area contributed by atoms with Crippen molar-refractivity contribution in [3.05, 3.63) is 23.8 Å².